The number of amides is 1. The lowest BCUT2D eigenvalue weighted by Gasteiger charge is -2.03. The van der Waals surface area contributed by atoms with Crippen molar-refractivity contribution < 1.29 is 9.53 Å². The summed E-state index contributed by atoms with van der Waals surface area (Å²) >= 11 is 0. The largest absolute Gasteiger partial charge is 0.381 e. The topological polar surface area (TPSA) is 38.3 Å². The van der Waals surface area contributed by atoms with E-state index in [9.17, 15) is 4.79 Å². The fraction of sp³-hybridized carbons (Fsp3) is 0.667. The molecule has 1 N–H and O–H groups in total. The van der Waals surface area contributed by atoms with Gasteiger partial charge in [-0.2, -0.15) is 0 Å². The van der Waals surface area contributed by atoms with Crippen LogP contribution in [0.5, 0.6) is 0 Å². The van der Waals surface area contributed by atoms with E-state index < -0.39 is 0 Å². The maximum absolute atomic E-state index is 11.0. The van der Waals surface area contributed by atoms with E-state index in [4.69, 9.17) is 4.74 Å². The highest BCUT2D eigenvalue weighted by Gasteiger charge is 1.95. The molecule has 0 fully saturated rings. The number of nitrogens with one attached hydrogen (secondary N) is 1. The smallest absolute Gasteiger partial charge is 0.243 e. The molecule has 0 aliphatic carbocycles. The van der Waals surface area contributed by atoms with Crippen LogP contribution in [0.2, 0.25) is 0 Å². The molecule has 12 heavy (non-hydrogen) atoms. The van der Waals surface area contributed by atoms with Crippen molar-refractivity contribution in [3.05, 3.63) is 12.2 Å². The van der Waals surface area contributed by atoms with Crippen molar-refractivity contribution in [3.8, 4) is 0 Å². The van der Waals surface area contributed by atoms with Gasteiger partial charge in [0, 0.05) is 19.7 Å². The van der Waals surface area contributed by atoms with Crippen LogP contribution in [0.3, 0.4) is 0 Å². The van der Waals surface area contributed by atoms with E-state index in [2.05, 4.69) is 19.2 Å². The molecule has 0 radical (unpaired) electrons. The van der Waals surface area contributed by atoms with Crippen LogP contribution in [-0.2, 0) is 9.53 Å². The van der Waals surface area contributed by atoms with Gasteiger partial charge in [0.25, 0.3) is 0 Å². The molecule has 0 unspecified atom stereocenters. The fourth-order valence-corrected chi connectivity index (χ4v) is 0.615. The average molecular weight is 171 g/mol. The predicted octanol–water partition coefficient (Wildman–Crippen LogP) is 0.961. The SMILES string of the molecule is COC/C=C/C(=O)NCC(C)C. The quantitative estimate of drug-likeness (QED) is 0.626. The van der Waals surface area contributed by atoms with E-state index in [1.807, 2.05) is 0 Å². The second-order valence-corrected chi connectivity index (χ2v) is 3.00. The molecule has 3 heteroatoms. The highest BCUT2D eigenvalue weighted by Crippen LogP contribution is 1.86. The van der Waals surface area contributed by atoms with Gasteiger partial charge in [-0.3, -0.25) is 4.79 Å². The summed E-state index contributed by atoms with van der Waals surface area (Å²) in [7, 11) is 1.59. The van der Waals surface area contributed by atoms with Gasteiger partial charge in [-0.05, 0) is 5.92 Å². The molecule has 1 amide bonds. The van der Waals surface area contributed by atoms with Gasteiger partial charge < -0.3 is 10.1 Å². The van der Waals surface area contributed by atoms with Gasteiger partial charge in [0.15, 0.2) is 0 Å². The lowest BCUT2D eigenvalue weighted by molar-refractivity contribution is -0.116. The summed E-state index contributed by atoms with van der Waals surface area (Å²) in [4.78, 5) is 11.0. The lowest BCUT2D eigenvalue weighted by atomic mass is 10.2. The molecule has 0 aromatic rings. The molecule has 0 aliphatic rings. The molecule has 0 saturated heterocycles. The Balaban J connectivity index is 3.46. The Hall–Kier alpha value is -0.830. The summed E-state index contributed by atoms with van der Waals surface area (Å²) in [5.74, 6) is 0.436. The number of ether oxygens (including phenoxy) is 1. The molecular weight excluding hydrogens is 154 g/mol. The van der Waals surface area contributed by atoms with E-state index in [-0.39, 0.29) is 5.91 Å². The number of methoxy groups -OCH3 is 1. The summed E-state index contributed by atoms with van der Waals surface area (Å²) < 4.78 is 4.75. The zero-order valence-corrected chi connectivity index (χ0v) is 7.96. The Morgan fingerprint density at radius 3 is 2.75 bits per heavy atom. The third-order valence-corrected chi connectivity index (χ3v) is 1.22. The fourth-order valence-electron chi connectivity index (χ4n) is 0.615. The first kappa shape index (κ1) is 11.2. The van der Waals surface area contributed by atoms with Crippen molar-refractivity contribution >= 4 is 5.91 Å². The first-order chi connectivity index (χ1) is 5.66. The van der Waals surface area contributed by atoms with Crippen LogP contribution in [0.1, 0.15) is 13.8 Å². The normalized spacial score (nSPS) is 11.0. The molecular formula is C9H17NO2. The Bertz CT molecular complexity index is 153. The van der Waals surface area contributed by atoms with Crippen LogP contribution in [0, 0.1) is 5.92 Å². The Labute approximate surface area is 73.8 Å². The number of rotatable bonds is 5. The van der Waals surface area contributed by atoms with Crippen molar-refractivity contribution in [3.63, 3.8) is 0 Å². The monoisotopic (exact) mass is 171 g/mol. The maximum Gasteiger partial charge on any atom is 0.243 e. The van der Waals surface area contributed by atoms with Gasteiger partial charge in [0.2, 0.25) is 5.91 Å². The minimum absolute atomic E-state index is 0.0549. The van der Waals surface area contributed by atoms with Crippen LogP contribution < -0.4 is 5.32 Å². The van der Waals surface area contributed by atoms with Gasteiger partial charge in [0.1, 0.15) is 0 Å². The van der Waals surface area contributed by atoms with Crippen molar-refractivity contribution in [2.24, 2.45) is 5.92 Å². The summed E-state index contributed by atoms with van der Waals surface area (Å²) in [6, 6.07) is 0. The number of hydrogen-bond donors (Lipinski definition) is 1. The third-order valence-electron chi connectivity index (χ3n) is 1.22. The van der Waals surface area contributed by atoms with Crippen molar-refractivity contribution in [1.29, 1.82) is 0 Å². The van der Waals surface area contributed by atoms with Crippen LogP contribution in [-0.4, -0.2) is 26.2 Å². The molecule has 0 rings (SSSR count). The maximum atomic E-state index is 11.0. The molecule has 3 nitrogen and oxygen atoms in total. The zero-order chi connectivity index (χ0) is 9.40. The standard InChI is InChI=1S/C9H17NO2/c1-8(2)7-10-9(11)5-4-6-12-3/h4-5,8H,6-7H2,1-3H3,(H,10,11)/b5-4+. The summed E-state index contributed by atoms with van der Waals surface area (Å²) in [6.45, 7) is 5.31. The Morgan fingerprint density at radius 2 is 2.25 bits per heavy atom. The van der Waals surface area contributed by atoms with E-state index in [1.54, 1.807) is 13.2 Å². The molecule has 0 aromatic carbocycles. The van der Waals surface area contributed by atoms with Crippen LogP contribution in [0.25, 0.3) is 0 Å². The summed E-state index contributed by atoms with van der Waals surface area (Å²) in [5.41, 5.74) is 0. The minimum atomic E-state index is -0.0549. The van der Waals surface area contributed by atoms with Crippen molar-refractivity contribution in [2.75, 3.05) is 20.3 Å². The molecule has 0 heterocycles. The van der Waals surface area contributed by atoms with Crippen molar-refractivity contribution in [2.45, 2.75) is 13.8 Å². The summed E-state index contributed by atoms with van der Waals surface area (Å²) in [6.07, 6.45) is 3.18. The highest BCUT2D eigenvalue weighted by molar-refractivity contribution is 5.87. The summed E-state index contributed by atoms with van der Waals surface area (Å²) in [5, 5.41) is 2.76. The van der Waals surface area contributed by atoms with Gasteiger partial charge >= 0.3 is 0 Å². The predicted molar refractivity (Wildman–Crippen MR) is 48.9 cm³/mol. The number of carbonyl (C=O) groups is 1. The van der Waals surface area contributed by atoms with E-state index in [0.29, 0.717) is 12.5 Å². The minimum Gasteiger partial charge on any atom is -0.381 e. The lowest BCUT2D eigenvalue weighted by Crippen LogP contribution is -2.25. The number of carbonyl (C=O) groups excluding carboxylic acids is 1. The Kier molecular flexibility index (Phi) is 6.38. The first-order valence-corrected chi connectivity index (χ1v) is 4.10. The van der Waals surface area contributed by atoms with Gasteiger partial charge in [-0.25, -0.2) is 0 Å². The van der Waals surface area contributed by atoms with E-state index in [1.165, 1.54) is 6.08 Å². The van der Waals surface area contributed by atoms with Crippen LogP contribution in [0.4, 0.5) is 0 Å². The van der Waals surface area contributed by atoms with Gasteiger partial charge in [-0.15, -0.1) is 0 Å². The number of hydrogen-bond acceptors (Lipinski definition) is 2. The zero-order valence-electron chi connectivity index (χ0n) is 7.96. The third kappa shape index (κ3) is 7.28. The van der Waals surface area contributed by atoms with E-state index in [0.717, 1.165) is 6.54 Å². The second-order valence-electron chi connectivity index (χ2n) is 3.00. The van der Waals surface area contributed by atoms with Crippen LogP contribution in [0.15, 0.2) is 12.2 Å². The van der Waals surface area contributed by atoms with Crippen molar-refractivity contribution in [1.82, 2.24) is 5.32 Å². The van der Waals surface area contributed by atoms with Gasteiger partial charge in [-0.1, -0.05) is 19.9 Å². The molecule has 0 spiro atoms. The first-order valence-electron chi connectivity index (χ1n) is 4.10. The second kappa shape index (κ2) is 6.85. The Morgan fingerprint density at radius 1 is 1.58 bits per heavy atom. The molecule has 0 bridgehead atoms. The molecule has 0 saturated carbocycles. The van der Waals surface area contributed by atoms with Crippen LogP contribution >= 0.6 is 0 Å². The average Bonchev–Trinajstić information content (AvgIpc) is 2.01. The van der Waals surface area contributed by atoms with Gasteiger partial charge in [0.05, 0.1) is 6.61 Å². The van der Waals surface area contributed by atoms with E-state index >= 15 is 0 Å². The highest BCUT2D eigenvalue weighted by atomic mass is 16.5. The molecule has 0 aliphatic heterocycles. The molecule has 70 valence electrons. The molecule has 0 aromatic heterocycles. The molecule has 0 atom stereocenters.